The Hall–Kier alpha value is -2.09. The highest BCUT2D eigenvalue weighted by Crippen LogP contribution is 2.22. The zero-order valence-corrected chi connectivity index (χ0v) is 16.3. The maximum atomic E-state index is 12.4. The fraction of sp³-hybridized carbons (Fsp3) is 0.588. The van der Waals surface area contributed by atoms with E-state index >= 15 is 0 Å². The molecule has 1 aromatic rings. The second-order valence-electron chi connectivity index (χ2n) is 7.40. The summed E-state index contributed by atoms with van der Waals surface area (Å²) in [7, 11) is 0. The number of esters is 1. The van der Waals surface area contributed by atoms with E-state index in [1.165, 1.54) is 11.3 Å². The maximum absolute atomic E-state index is 12.4. The van der Waals surface area contributed by atoms with Gasteiger partial charge in [0, 0.05) is 4.88 Å². The quantitative estimate of drug-likeness (QED) is 0.777. The van der Waals surface area contributed by atoms with Crippen molar-refractivity contribution >= 4 is 29.3 Å². The molecule has 0 saturated heterocycles. The molecule has 0 fully saturated rings. The molecule has 1 rings (SSSR count). The molecule has 1 heterocycles. The van der Waals surface area contributed by atoms with Gasteiger partial charge in [0.05, 0.1) is 0 Å². The highest BCUT2D eigenvalue weighted by atomic mass is 32.1. The van der Waals surface area contributed by atoms with Gasteiger partial charge in [-0.2, -0.15) is 0 Å². The summed E-state index contributed by atoms with van der Waals surface area (Å²) in [6.07, 6.45) is -0.701. The molecule has 0 aliphatic carbocycles. The Balaban J connectivity index is 2.67. The number of alkyl carbamates (subject to hydrolysis) is 1. The van der Waals surface area contributed by atoms with Gasteiger partial charge in [-0.15, -0.1) is 11.3 Å². The Bertz CT molecular complexity index is 600. The van der Waals surface area contributed by atoms with Gasteiger partial charge in [-0.25, -0.2) is 9.59 Å². The summed E-state index contributed by atoms with van der Waals surface area (Å²) in [5.41, 5.74) is -1.33. The van der Waals surface area contributed by atoms with E-state index in [1.54, 1.807) is 59.1 Å². The van der Waals surface area contributed by atoms with Crippen LogP contribution in [0, 0.1) is 0 Å². The topological polar surface area (TPSA) is 93.7 Å². The molecule has 0 aliphatic rings. The molecule has 2 amide bonds. The molecule has 1 unspecified atom stereocenters. The van der Waals surface area contributed by atoms with Crippen molar-refractivity contribution in [2.45, 2.75) is 58.8 Å². The average Bonchev–Trinajstić information content (AvgIpc) is 2.92. The third-order valence-electron chi connectivity index (χ3n) is 2.57. The second kappa shape index (κ2) is 8.33. The van der Waals surface area contributed by atoms with Crippen LogP contribution in [0.15, 0.2) is 17.5 Å². The van der Waals surface area contributed by atoms with Gasteiger partial charge in [0.2, 0.25) is 5.91 Å². The van der Waals surface area contributed by atoms with Crippen molar-refractivity contribution in [3.8, 4) is 0 Å². The first-order valence-corrected chi connectivity index (χ1v) is 8.78. The molecule has 0 aliphatic heterocycles. The van der Waals surface area contributed by atoms with Crippen molar-refractivity contribution in [1.82, 2.24) is 10.6 Å². The summed E-state index contributed by atoms with van der Waals surface area (Å²) in [5, 5.41) is 6.74. The van der Waals surface area contributed by atoms with E-state index in [1.807, 2.05) is 0 Å². The van der Waals surface area contributed by atoms with Gasteiger partial charge in [0.25, 0.3) is 0 Å². The number of amides is 2. The molecule has 2 N–H and O–H groups in total. The minimum absolute atomic E-state index is 0.306. The lowest BCUT2D eigenvalue weighted by molar-refractivity contribution is -0.158. The molecule has 8 heteroatoms. The monoisotopic (exact) mass is 370 g/mol. The summed E-state index contributed by atoms with van der Waals surface area (Å²) >= 11 is 1.33. The van der Waals surface area contributed by atoms with Gasteiger partial charge in [0.15, 0.2) is 6.04 Å². The molecule has 0 radical (unpaired) electrons. The first kappa shape index (κ1) is 21.0. The van der Waals surface area contributed by atoms with Crippen LogP contribution in [0.25, 0.3) is 0 Å². The molecule has 0 spiro atoms. The smallest absolute Gasteiger partial charge is 0.408 e. The van der Waals surface area contributed by atoms with Crippen LogP contribution in [0.3, 0.4) is 0 Å². The number of carbonyl (C=O) groups excluding carboxylic acids is 3. The third kappa shape index (κ3) is 8.53. The largest absolute Gasteiger partial charge is 0.458 e. The van der Waals surface area contributed by atoms with Crippen molar-refractivity contribution in [3.05, 3.63) is 22.4 Å². The molecule has 1 atom stereocenters. The highest BCUT2D eigenvalue weighted by Gasteiger charge is 2.29. The minimum atomic E-state index is -0.924. The van der Waals surface area contributed by atoms with E-state index in [2.05, 4.69) is 10.6 Å². The number of thiophene rings is 1. The summed E-state index contributed by atoms with van der Waals surface area (Å²) < 4.78 is 10.4. The lowest BCUT2D eigenvalue weighted by Crippen LogP contribution is -2.43. The number of nitrogens with one attached hydrogen (secondary N) is 2. The SMILES string of the molecule is CC(C)(C)OC(=O)NCC(=O)NC(C(=O)OC(C)(C)C)c1cccs1. The Morgan fingerprint density at radius 3 is 2.16 bits per heavy atom. The Morgan fingerprint density at radius 1 is 1.08 bits per heavy atom. The summed E-state index contributed by atoms with van der Waals surface area (Å²) in [6.45, 7) is 10.1. The zero-order chi connectivity index (χ0) is 19.3. The van der Waals surface area contributed by atoms with E-state index in [-0.39, 0.29) is 6.54 Å². The normalized spacial score (nSPS) is 12.9. The fourth-order valence-corrected chi connectivity index (χ4v) is 2.50. The van der Waals surface area contributed by atoms with Crippen LogP contribution in [-0.4, -0.2) is 35.7 Å². The molecular weight excluding hydrogens is 344 g/mol. The molecular formula is C17H26N2O5S. The predicted octanol–water partition coefficient (Wildman–Crippen LogP) is 2.77. The predicted molar refractivity (Wildman–Crippen MR) is 95.3 cm³/mol. The van der Waals surface area contributed by atoms with Crippen LogP contribution < -0.4 is 10.6 Å². The molecule has 25 heavy (non-hydrogen) atoms. The van der Waals surface area contributed by atoms with Gasteiger partial charge in [-0.05, 0) is 53.0 Å². The van der Waals surface area contributed by atoms with Crippen molar-refractivity contribution < 1.29 is 23.9 Å². The van der Waals surface area contributed by atoms with E-state index in [0.29, 0.717) is 4.88 Å². The van der Waals surface area contributed by atoms with Crippen LogP contribution in [0.4, 0.5) is 4.79 Å². The number of hydrogen-bond acceptors (Lipinski definition) is 6. The van der Waals surface area contributed by atoms with Crippen LogP contribution >= 0.6 is 11.3 Å². The molecule has 1 aromatic heterocycles. The van der Waals surface area contributed by atoms with Gasteiger partial charge >= 0.3 is 12.1 Å². The third-order valence-corrected chi connectivity index (χ3v) is 3.50. The van der Waals surface area contributed by atoms with Gasteiger partial charge in [-0.1, -0.05) is 6.07 Å². The van der Waals surface area contributed by atoms with Crippen molar-refractivity contribution in [2.75, 3.05) is 6.54 Å². The highest BCUT2D eigenvalue weighted by molar-refractivity contribution is 7.10. The second-order valence-corrected chi connectivity index (χ2v) is 8.38. The Kier molecular flexibility index (Phi) is 6.98. The van der Waals surface area contributed by atoms with Gasteiger partial charge < -0.3 is 20.1 Å². The summed E-state index contributed by atoms with van der Waals surface area (Å²) in [5.74, 6) is -1.07. The number of carbonyl (C=O) groups is 3. The van der Waals surface area contributed by atoms with Crippen molar-refractivity contribution in [2.24, 2.45) is 0 Å². The maximum Gasteiger partial charge on any atom is 0.408 e. The molecule has 0 saturated carbocycles. The lowest BCUT2D eigenvalue weighted by Gasteiger charge is -2.24. The van der Waals surface area contributed by atoms with Gasteiger partial charge in [-0.3, -0.25) is 4.79 Å². The van der Waals surface area contributed by atoms with E-state index in [0.717, 1.165) is 0 Å². The molecule has 7 nitrogen and oxygen atoms in total. The number of hydrogen-bond donors (Lipinski definition) is 2. The lowest BCUT2D eigenvalue weighted by atomic mass is 10.1. The minimum Gasteiger partial charge on any atom is -0.458 e. The molecule has 0 aromatic carbocycles. The Labute approximate surface area is 152 Å². The summed E-state index contributed by atoms with van der Waals surface area (Å²) in [4.78, 5) is 36.7. The van der Waals surface area contributed by atoms with E-state index in [9.17, 15) is 14.4 Å². The number of ether oxygens (including phenoxy) is 2. The number of rotatable bonds is 5. The fourth-order valence-electron chi connectivity index (χ4n) is 1.74. The summed E-state index contributed by atoms with van der Waals surface area (Å²) in [6, 6.07) is 2.59. The van der Waals surface area contributed by atoms with Crippen molar-refractivity contribution in [1.29, 1.82) is 0 Å². The van der Waals surface area contributed by atoms with Crippen LogP contribution in [0.1, 0.15) is 52.5 Å². The standard InChI is InChI=1S/C17H26N2O5S/c1-16(2,3)23-14(21)13(11-8-7-9-25-11)19-12(20)10-18-15(22)24-17(4,5)6/h7-9,13H,10H2,1-6H3,(H,18,22)(H,19,20). The van der Waals surface area contributed by atoms with Crippen LogP contribution in [0.5, 0.6) is 0 Å². The van der Waals surface area contributed by atoms with Gasteiger partial charge in [0.1, 0.15) is 17.7 Å². The van der Waals surface area contributed by atoms with Crippen LogP contribution in [-0.2, 0) is 19.1 Å². The molecule has 140 valence electrons. The molecule has 0 bridgehead atoms. The van der Waals surface area contributed by atoms with E-state index in [4.69, 9.17) is 9.47 Å². The van der Waals surface area contributed by atoms with E-state index < -0.39 is 35.2 Å². The zero-order valence-electron chi connectivity index (χ0n) is 15.5. The van der Waals surface area contributed by atoms with Crippen molar-refractivity contribution in [3.63, 3.8) is 0 Å². The van der Waals surface area contributed by atoms with Crippen LogP contribution in [0.2, 0.25) is 0 Å². The first-order valence-electron chi connectivity index (χ1n) is 7.90. The first-order chi connectivity index (χ1) is 11.4. The average molecular weight is 370 g/mol. The Morgan fingerprint density at radius 2 is 1.68 bits per heavy atom.